The van der Waals surface area contributed by atoms with Crippen LogP contribution in [0.1, 0.15) is 56.1 Å². The van der Waals surface area contributed by atoms with Crippen molar-refractivity contribution in [3.05, 3.63) is 90.0 Å². The number of hydrogen-bond acceptors (Lipinski definition) is 2. The molecule has 2 aromatic carbocycles. The van der Waals surface area contributed by atoms with E-state index in [1.165, 1.54) is 0 Å². The molecule has 33 heavy (non-hydrogen) atoms. The van der Waals surface area contributed by atoms with E-state index >= 15 is 0 Å². The predicted molar refractivity (Wildman–Crippen MR) is 124 cm³/mol. The minimum Gasteiger partial charge on any atom is -1.00 e. The molecular weight excluding hydrogens is 478 g/mol. The lowest BCUT2D eigenvalue weighted by Gasteiger charge is -2.37. The number of primary amides is 1. The summed E-state index contributed by atoms with van der Waals surface area (Å²) in [7, 11) is 0. The highest BCUT2D eigenvalue weighted by Gasteiger charge is 2.51. The van der Waals surface area contributed by atoms with E-state index in [1.807, 2.05) is 71.4 Å². The fourth-order valence-electron chi connectivity index (χ4n) is 5.70. The maximum Gasteiger partial charge on any atom is 0.256 e. The van der Waals surface area contributed by atoms with E-state index in [0.29, 0.717) is 6.54 Å². The van der Waals surface area contributed by atoms with Crippen LogP contribution in [0.3, 0.4) is 0 Å². The first kappa shape index (κ1) is 24.9. The van der Waals surface area contributed by atoms with Crippen LogP contribution in [0.15, 0.2) is 73.1 Å². The molecule has 1 aromatic heterocycles. The fourth-order valence-corrected chi connectivity index (χ4v) is 5.70. The average molecular weight is 510 g/mol. The average Bonchev–Trinajstić information content (AvgIpc) is 3.42. The van der Waals surface area contributed by atoms with Crippen molar-refractivity contribution in [2.24, 2.45) is 11.7 Å². The van der Waals surface area contributed by atoms with Crippen LogP contribution in [0.5, 0.6) is 0 Å². The lowest BCUT2D eigenvalue weighted by molar-refractivity contribution is -0.691. The molecule has 1 saturated carbocycles. The Bertz CT molecular complexity index is 1060. The summed E-state index contributed by atoms with van der Waals surface area (Å²) in [5.74, 6) is 1.08. The molecule has 6 heteroatoms. The lowest BCUT2D eigenvalue weighted by Crippen LogP contribution is -3.00. The third-order valence-electron chi connectivity index (χ3n) is 7.00. The summed E-state index contributed by atoms with van der Waals surface area (Å²) < 4.78 is 4.36. The van der Waals surface area contributed by atoms with E-state index in [1.54, 1.807) is 6.92 Å². The van der Waals surface area contributed by atoms with Crippen molar-refractivity contribution in [3.8, 4) is 0 Å². The number of benzene rings is 2. The van der Waals surface area contributed by atoms with Crippen LogP contribution in [0, 0.1) is 5.92 Å². The van der Waals surface area contributed by atoms with E-state index in [-0.39, 0.29) is 40.6 Å². The van der Waals surface area contributed by atoms with Gasteiger partial charge in [-0.1, -0.05) is 67.6 Å². The van der Waals surface area contributed by atoms with Crippen molar-refractivity contribution in [1.29, 1.82) is 0 Å². The maximum atomic E-state index is 13.3. The number of aromatic nitrogens is 2. The quantitative estimate of drug-likeness (QED) is 0.455. The van der Waals surface area contributed by atoms with Gasteiger partial charge in [-0.3, -0.25) is 9.59 Å². The molecule has 5 nitrogen and oxygen atoms in total. The molecule has 0 spiro atoms. The minimum absolute atomic E-state index is 0. The summed E-state index contributed by atoms with van der Waals surface area (Å²) in [6.07, 6.45) is 7.68. The molecule has 0 saturated heterocycles. The Morgan fingerprint density at radius 1 is 1.03 bits per heavy atom. The zero-order valence-electron chi connectivity index (χ0n) is 19.3. The molecule has 2 atom stereocenters. The standard InChI is InChI=1S/C27H31N3O2.BrH/c1-3-25-29(19-20(2)31)16-17-30(25)24-15-14-23(18-24)27(26(28)32,21-10-6-4-7-11-21)22-12-8-5-9-13-22;/h4-13,16-17,23-24H,3,14-15,18-19H2,1-2H3,(H-,28,32);1H. The second-order valence-corrected chi connectivity index (χ2v) is 8.87. The van der Waals surface area contributed by atoms with E-state index in [4.69, 9.17) is 5.73 Å². The number of rotatable bonds is 8. The van der Waals surface area contributed by atoms with Gasteiger partial charge in [-0.2, -0.15) is 0 Å². The number of ketones is 1. The molecule has 2 N–H and O–H groups in total. The van der Waals surface area contributed by atoms with Crippen molar-refractivity contribution in [3.63, 3.8) is 0 Å². The smallest absolute Gasteiger partial charge is 0.256 e. The molecule has 0 radical (unpaired) electrons. The Kier molecular flexibility index (Phi) is 7.90. The van der Waals surface area contributed by atoms with Gasteiger partial charge >= 0.3 is 0 Å². The first-order chi connectivity index (χ1) is 15.5. The van der Waals surface area contributed by atoms with Gasteiger partial charge < -0.3 is 22.7 Å². The highest BCUT2D eigenvalue weighted by molar-refractivity contribution is 5.91. The number of hydrogen-bond donors (Lipinski definition) is 1. The van der Waals surface area contributed by atoms with Gasteiger partial charge in [0.2, 0.25) is 5.91 Å². The zero-order chi connectivity index (χ0) is 22.7. The number of Topliss-reactive ketones (excluding diaryl/α,β-unsaturated/α-hetero) is 1. The molecule has 1 heterocycles. The Labute approximate surface area is 206 Å². The number of imidazole rings is 1. The van der Waals surface area contributed by atoms with Crippen LogP contribution in [0.25, 0.3) is 0 Å². The Morgan fingerprint density at radius 3 is 2.09 bits per heavy atom. The summed E-state index contributed by atoms with van der Waals surface area (Å²) in [4.78, 5) is 25.0. The summed E-state index contributed by atoms with van der Waals surface area (Å²) in [6.45, 7) is 4.14. The van der Waals surface area contributed by atoms with Crippen molar-refractivity contribution >= 4 is 11.7 Å². The van der Waals surface area contributed by atoms with Gasteiger partial charge in [0, 0.05) is 6.42 Å². The van der Waals surface area contributed by atoms with Gasteiger partial charge in [0.1, 0.15) is 30.4 Å². The van der Waals surface area contributed by atoms with E-state index in [9.17, 15) is 9.59 Å². The van der Waals surface area contributed by atoms with Crippen LogP contribution in [0.2, 0.25) is 0 Å². The van der Waals surface area contributed by atoms with Gasteiger partial charge in [-0.25, -0.2) is 9.13 Å². The number of halogens is 1. The second kappa shape index (κ2) is 10.5. The number of carbonyl (C=O) groups is 2. The monoisotopic (exact) mass is 509 g/mol. The molecule has 1 fully saturated rings. The molecule has 174 valence electrons. The topological polar surface area (TPSA) is 69.0 Å². The number of amides is 1. The molecule has 2 unspecified atom stereocenters. The van der Waals surface area contributed by atoms with Gasteiger partial charge in [0.25, 0.3) is 5.82 Å². The van der Waals surface area contributed by atoms with Gasteiger partial charge in [0.15, 0.2) is 5.78 Å². The van der Waals surface area contributed by atoms with Gasteiger partial charge in [-0.15, -0.1) is 0 Å². The first-order valence-corrected chi connectivity index (χ1v) is 11.5. The van der Waals surface area contributed by atoms with Crippen LogP contribution < -0.4 is 27.3 Å². The summed E-state index contributed by atoms with van der Waals surface area (Å²) in [6, 6.07) is 20.2. The number of nitrogens with two attached hydrogens (primary N) is 1. The Balaban J connectivity index is 0.00000306. The predicted octanol–water partition coefficient (Wildman–Crippen LogP) is 0.744. The van der Waals surface area contributed by atoms with Crippen molar-refractivity contribution in [2.75, 3.05) is 0 Å². The largest absolute Gasteiger partial charge is 1.00 e. The SMILES string of the molecule is CCc1n(C2CCC(C(C(N)=O)(c3ccccc3)c3ccccc3)C2)cc[n+]1CC(C)=O.[Br-]. The van der Waals surface area contributed by atoms with Crippen LogP contribution in [-0.4, -0.2) is 16.3 Å². The van der Waals surface area contributed by atoms with Crippen molar-refractivity contribution in [1.82, 2.24) is 4.57 Å². The number of nitrogens with zero attached hydrogens (tertiary/aromatic N) is 2. The van der Waals surface area contributed by atoms with Crippen LogP contribution in [0.4, 0.5) is 0 Å². The molecule has 1 amide bonds. The zero-order valence-corrected chi connectivity index (χ0v) is 20.9. The maximum absolute atomic E-state index is 13.3. The third kappa shape index (κ3) is 4.54. The molecule has 0 bridgehead atoms. The van der Waals surface area contributed by atoms with Crippen LogP contribution >= 0.6 is 0 Å². The molecule has 0 aliphatic heterocycles. The summed E-state index contributed by atoms with van der Waals surface area (Å²) in [5.41, 5.74) is 7.27. The summed E-state index contributed by atoms with van der Waals surface area (Å²) in [5, 5.41) is 0. The highest BCUT2D eigenvalue weighted by Crippen LogP contribution is 2.49. The van der Waals surface area contributed by atoms with Crippen LogP contribution in [-0.2, 0) is 28.0 Å². The molecule has 3 aromatic rings. The highest BCUT2D eigenvalue weighted by atomic mass is 79.9. The minimum atomic E-state index is -0.869. The summed E-state index contributed by atoms with van der Waals surface area (Å²) >= 11 is 0. The molecule has 4 rings (SSSR count). The van der Waals surface area contributed by atoms with Crippen molar-refractivity contribution < 1.29 is 31.1 Å². The van der Waals surface area contributed by atoms with E-state index in [2.05, 4.69) is 17.7 Å². The number of carbonyl (C=O) groups excluding carboxylic acids is 2. The van der Waals surface area contributed by atoms with E-state index in [0.717, 1.165) is 42.6 Å². The Morgan fingerprint density at radius 2 is 1.61 bits per heavy atom. The molecule has 1 aliphatic rings. The second-order valence-electron chi connectivity index (χ2n) is 8.87. The lowest BCUT2D eigenvalue weighted by atomic mass is 9.64. The Hall–Kier alpha value is -2.73. The molecular formula is C27H32BrN3O2. The third-order valence-corrected chi connectivity index (χ3v) is 7.00. The first-order valence-electron chi connectivity index (χ1n) is 11.5. The normalized spacial score (nSPS) is 18.0. The van der Waals surface area contributed by atoms with E-state index < -0.39 is 5.41 Å². The van der Waals surface area contributed by atoms with Gasteiger partial charge in [-0.05, 0) is 43.2 Å². The molecule has 1 aliphatic carbocycles. The van der Waals surface area contributed by atoms with Gasteiger partial charge in [0.05, 0.1) is 0 Å². The van der Waals surface area contributed by atoms with Crippen molar-refractivity contribution in [2.45, 2.75) is 57.5 Å². The fraction of sp³-hybridized carbons (Fsp3) is 0.370.